The number of hydrogen-bond donors (Lipinski definition) is 0. The first-order valence-corrected chi connectivity index (χ1v) is 10.5. The Kier molecular flexibility index (Phi) is 5.88. The summed E-state index contributed by atoms with van der Waals surface area (Å²) in [6, 6.07) is 7.47. The summed E-state index contributed by atoms with van der Waals surface area (Å²) in [6.45, 7) is 2.43. The van der Waals surface area contributed by atoms with Gasteiger partial charge < -0.3 is 9.47 Å². The van der Waals surface area contributed by atoms with Gasteiger partial charge >= 0.3 is 0 Å². The minimum atomic E-state index is -3.34. The zero-order chi connectivity index (χ0) is 18.6. The van der Waals surface area contributed by atoms with Crippen LogP contribution in [0.5, 0.6) is 5.75 Å². The fourth-order valence-electron chi connectivity index (χ4n) is 3.12. The van der Waals surface area contributed by atoms with Gasteiger partial charge in [-0.25, -0.2) is 18.4 Å². The molecule has 3 rings (SSSR count). The predicted octanol–water partition coefficient (Wildman–Crippen LogP) is 2.67. The quantitative estimate of drug-likeness (QED) is 0.771. The predicted molar refractivity (Wildman–Crippen MR) is 99.0 cm³/mol. The van der Waals surface area contributed by atoms with Crippen LogP contribution in [0.25, 0.3) is 0 Å². The molecule has 2 atom stereocenters. The number of hydrogen-bond acceptors (Lipinski definition) is 6. The van der Waals surface area contributed by atoms with E-state index in [4.69, 9.17) is 9.47 Å². The molecule has 0 N–H and O–H groups in total. The maximum atomic E-state index is 13.0. The Morgan fingerprint density at radius 3 is 2.54 bits per heavy atom. The lowest BCUT2D eigenvalue weighted by atomic mass is 10.1. The van der Waals surface area contributed by atoms with Crippen molar-refractivity contribution in [2.45, 2.75) is 37.5 Å². The molecule has 1 saturated heterocycles. The monoisotopic (exact) mass is 376 g/mol. The van der Waals surface area contributed by atoms with Gasteiger partial charge in [-0.3, -0.25) is 0 Å². The second-order valence-electron chi connectivity index (χ2n) is 6.56. The molecule has 0 radical (unpaired) electrons. The van der Waals surface area contributed by atoms with Crippen LogP contribution < -0.4 is 4.74 Å². The molecule has 1 aromatic carbocycles. The third-order valence-electron chi connectivity index (χ3n) is 4.62. The van der Waals surface area contributed by atoms with Crippen LogP contribution in [0.2, 0.25) is 0 Å². The molecule has 26 heavy (non-hydrogen) atoms. The first-order valence-electron chi connectivity index (χ1n) is 8.74. The molecule has 140 valence electrons. The maximum absolute atomic E-state index is 13.0. The molecule has 1 aliphatic rings. The topological polar surface area (TPSA) is 78.4 Å². The van der Waals surface area contributed by atoms with E-state index in [9.17, 15) is 8.42 Å². The molecule has 1 aromatic heterocycles. The summed E-state index contributed by atoms with van der Waals surface area (Å²) >= 11 is 0. The first kappa shape index (κ1) is 18.8. The van der Waals surface area contributed by atoms with Crippen molar-refractivity contribution in [3.05, 3.63) is 53.6 Å². The highest BCUT2D eigenvalue weighted by Gasteiger charge is 2.38. The van der Waals surface area contributed by atoms with Crippen molar-refractivity contribution in [1.82, 2.24) is 9.97 Å². The van der Waals surface area contributed by atoms with Crippen LogP contribution in [0.1, 0.15) is 35.9 Å². The van der Waals surface area contributed by atoms with Crippen molar-refractivity contribution < 1.29 is 17.9 Å². The number of rotatable bonds is 6. The van der Waals surface area contributed by atoms with Crippen LogP contribution in [0.4, 0.5) is 0 Å². The lowest BCUT2D eigenvalue weighted by Gasteiger charge is -2.30. The lowest BCUT2D eigenvalue weighted by Crippen LogP contribution is -2.37. The van der Waals surface area contributed by atoms with Crippen molar-refractivity contribution in [3.63, 3.8) is 0 Å². The molecule has 1 fully saturated rings. The largest absolute Gasteiger partial charge is 0.497 e. The zero-order valence-electron chi connectivity index (χ0n) is 15.1. The Balaban J connectivity index is 1.73. The number of sulfone groups is 1. The third kappa shape index (κ3) is 4.40. The third-order valence-corrected chi connectivity index (χ3v) is 6.80. The zero-order valence-corrected chi connectivity index (χ0v) is 15.9. The molecule has 0 saturated carbocycles. The smallest absolute Gasteiger partial charge is 0.158 e. The lowest BCUT2D eigenvalue weighted by molar-refractivity contribution is 0.0125. The van der Waals surface area contributed by atoms with Crippen LogP contribution in [0.3, 0.4) is 0 Å². The van der Waals surface area contributed by atoms with E-state index in [1.54, 1.807) is 19.5 Å². The fraction of sp³-hybridized carbons (Fsp3) is 0.474. The molecular formula is C19H24N2O4S. The van der Waals surface area contributed by atoms with Gasteiger partial charge in [0.2, 0.25) is 0 Å². The van der Waals surface area contributed by atoms with E-state index in [1.165, 1.54) is 0 Å². The highest BCUT2D eigenvalue weighted by Crippen LogP contribution is 2.32. The van der Waals surface area contributed by atoms with E-state index in [0.29, 0.717) is 25.3 Å². The van der Waals surface area contributed by atoms with Gasteiger partial charge in [0.05, 0.1) is 18.1 Å². The standard InChI is InChI=1S/C19H24N2O4S/c1-14-12-20-19(21-13-14)18-17(4-3-10-25-18)26(22,23)11-9-15-5-7-16(24-2)8-6-15/h5-8,12-13,17-18H,3-4,9-11H2,1-2H3/t17-,18-/m1/s1. The molecule has 1 aliphatic heterocycles. The van der Waals surface area contributed by atoms with Gasteiger partial charge in [-0.2, -0.15) is 0 Å². The molecule has 0 bridgehead atoms. The van der Waals surface area contributed by atoms with Crippen molar-refractivity contribution in [3.8, 4) is 5.75 Å². The Labute approximate surface area is 154 Å². The van der Waals surface area contributed by atoms with Crippen LogP contribution in [-0.2, 0) is 21.0 Å². The Bertz CT molecular complexity index is 820. The van der Waals surface area contributed by atoms with Gasteiger partial charge in [0.25, 0.3) is 0 Å². The summed E-state index contributed by atoms with van der Waals surface area (Å²) in [6.07, 6.45) is 4.57. The van der Waals surface area contributed by atoms with Crippen LogP contribution >= 0.6 is 0 Å². The molecule has 0 spiro atoms. The van der Waals surface area contributed by atoms with E-state index in [1.807, 2.05) is 31.2 Å². The second kappa shape index (κ2) is 8.14. The molecule has 0 aliphatic carbocycles. The molecule has 6 nitrogen and oxygen atoms in total. The number of methoxy groups -OCH3 is 1. The van der Waals surface area contributed by atoms with Crippen molar-refractivity contribution in [1.29, 1.82) is 0 Å². The summed E-state index contributed by atoms with van der Waals surface area (Å²) in [5.74, 6) is 1.29. The maximum Gasteiger partial charge on any atom is 0.158 e. The average Bonchev–Trinajstić information content (AvgIpc) is 2.67. The van der Waals surface area contributed by atoms with Crippen LogP contribution in [-0.4, -0.2) is 43.1 Å². The number of aryl methyl sites for hydroxylation is 2. The van der Waals surface area contributed by atoms with E-state index < -0.39 is 21.2 Å². The second-order valence-corrected chi connectivity index (χ2v) is 8.90. The van der Waals surface area contributed by atoms with Crippen molar-refractivity contribution >= 4 is 9.84 Å². The summed E-state index contributed by atoms with van der Waals surface area (Å²) in [7, 11) is -1.73. The number of aromatic nitrogens is 2. The van der Waals surface area contributed by atoms with Gasteiger partial charge in [-0.15, -0.1) is 0 Å². The minimum absolute atomic E-state index is 0.0791. The van der Waals surface area contributed by atoms with E-state index in [0.717, 1.165) is 23.3 Å². The molecule has 2 aromatic rings. The molecular weight excluding hydrogens is 352 g/mol. The minimum Gasteiger partial charge on any atom is -0.497 e. The van der Waals surface area contributed by atoms with Crippen molar-refractivity contribution in [2.24, 2.45) is 0 Å². The first-order chi connectivity index (χ1) is 12.5. The summed E-state index contributed by atoms with van der Waals surface area (Å²) < 4.78 is 36.8. The number of benzene rings is 1. The van der Waals surface area contributed by atoms with Gasteiger partial charge in [0.1, 0.15) is 11.9 Å². The normalized spacial score (nSPS) is 20.7. The molecule has 0 amide bonds. The molecule has 2 heterocycles. The van der Waals surface area contributed by atoms with Crippen LogP contribution in [0, 0.1) is 6.92 Å². The summed E-state index contributed by atoms with van der Waals surface area (Å²) in [5.41, 5.74) is 1.90. The SMILES string of the molecule is COc1ccc(CCS(=O)(=O)[C@@H]2CCCO[C@H]2c2ncc(C)cn2)cc1. The Hall–Kier alpha value is -1.99. The molecule has 0 unspecified atom stereocenters. The highest BCUT2D eigenvalue weighted by molar-refractivity contribution is 7.92. The number of ether oxygens (including phenoxy) is 2. The Morgan fingerprint density at radius 2 is 1.88 bits per heavy atom. The van der Waals surface area contributed by atoms with Gasteiger partial charge in [0.15, 0.2) is 15.7 Å². The van der Waals surface area contributed by atoms with Gasteiger partial charge in [0, 0.05) is 19.0 Å². The summed E-state index contributed by atoms with van der Waals surface area (Å²) in [5, 5.41) is -0.600. The van der Waals surface area contributed by atoms with E-state index in [2.05, 4.69) is 9.97 Å². The van der Waals surface area contributed by atoms with Gasteiger partial charge in [-0.1, -0.05) is 12.1 Å². The van der Waals surface area contributed by atoms with E-state index in [-0.39, 0.29) is 5.75 Å². The molecule has 7 heteroatoms. The highest BCUT2D eigenvalue weighted by atomic mass is 32.2. The van der Waals surface area contributed by atoms with E-state index >= 15 is 0 Å². The van der Waals surface area contributed by atoms with Gasteiger partial charge in [-0.05, 0) is 49.4 Å². The van der Waals surface area contributed by atoms with Crippen LogP contribution in [0.15, 0.2) is 36.7 Å². The Morgan fingerprint density at radius 1 is 1.19 bits per heavy atom. The summed E-state index contributed by atoms with van der Waals surface area (Å²) in [4.78, 5) is 8.58. The average molecular weight is 376 g/mol. The van der Waals surface area contributed by atoms with Crippen molar-refractivity contribution in [2.75, 3.05) is 19.5 Å². The fourth-order valence-corrected chi connectivity index (χ4v) is 5.04. The number of nitrogens with zero attached hydrogens (tertiary/aromatic N) is 2.